The number of nitrogens with one attached hydrogen (secondary N) is 1. The van der Waals surface area contributed by atoms with Gasteiger partial charge in [-0.2, -0.15) is 0 Å². The van der Waals surface area contributed by atoms with Gasteiger partial charge in [-0.3, -0.25) is 4.98 Å². The molecule has 6 nitrogen and oxygen atoms in total. The summed E-state index contributed by atoms with van der Waals surface area (Å²) >= 11 is 0. The van der Waals surface area contributed by atoms with Crippen LogP contribution in [0.25, 0.3) is 11.5 Å². The molecule has 0 aliphatic carbocycles. The van der Waals surface area contributed by atoms with Crippen LogP contribution >= 0.6 is 0 Å². The SMILES string of the molecule is CCc1cnccc1C(C)NCc1coc(-c2ccc(S(C)(=O)=O)cc2)n1. The van der Waals surface area contributed by atoms with Gasteiger partial charge in [0.1, 0.15) is 6.26 Å². The molecule has 27 heavy (non-hydrogen) atoms. The van der Waals surface area contributed by atoms with Crippen molar-refractivity contribution in [2.24, 2.45) is 0 Å². The van der Waals surface area contributed by atoms with E-state index in [2.05, 4.69) is 29.1 Å². The Morgan fingerprint density at radius 3 is 2.59 bits per heavy atom. The molecule has 1 atom stereocenters. The van der Waals surface area contributed by atoms with Crippen LogP contribution in [0.3, 0.4) is 0 Å². The molecule has 0 amide bonds. The Bertz CT molecular complexity index is 1010. The van der Waals surface area contributed by atoms with E-state index in [1.807, 2.05) is 12.3 Å². The molecular formula is C20H23N3O3S. The summed E-state index contributed by atoms with van der Waals surface area (Å²) in [5.41, 5.74) is 3.98. The van der Waals surface area contributed by atoms with E-state index < -0.39 is 9.84 Å². The summed E-state index contributed by atoms with van der Waals surface area (Å²) < 4.78 is 28.6. The molecule has 1 unspecified atom stereocenters. The maximum absolute atomic E-state index is 11.5. The number of hydrogen-bond acceptors (Lipinski definition) is 6. The van der Waals surface area contributed by atoms with E-state index in [-0.39, 0.29) is 10.9 Å². The van der Waals surface area contributed by atoms with Crippen molar-refractivity contribution in [3.05, 3.63) is 65.8 Å². The highest BCUT2D eigenvalue weighted by atomic mass is 32.2. The smallest absolute Gasteiger partial charge is 0.226 e. The third-order valence-electron chi connectivity index (χ3n) is 4.46. The first-order valence-electron chi connectivity index (χ1n) is 8.79. The molecule has 0 saturated carbocycles. The molecule has 0 bridgehead atoms. The summed E-state index contributed by atoms with van der Waals surface area (Å²) in [6.45, 7) is 4.79. The molecule has 2 heterocycles. The van der Waals surface area contributed by atoms with E-state index in [4.69, 9.17) is 4.42 Å². The number of rotatable bonds is 7. The zero-order valence-corrected chi connectivity index (χ0v) is 16.5. The molecular weight excluding hydrogens is 362 g/mol. The van der Waals surface area contributed by atoms with E-state index in [9.17, 15) is 8.42 Å². The van der Waals surface area contributed by atoms with Crippen LogP contribution in [-0.2, 0) is 22.8 Å². The van der Waals surface area contributed by atoms with Crippen molar-refractivity contribution in [1.29, 1.82) is 0 Å². The fraction of sp³-hybridized carbons (Fsp3) is 0.300. The Hall–Kier alpha value is -2.51. The predicted molar refractivity (Wildman–Crippen MR) is 104 cm³/mol. The van der Waals surface area contributed by atoms with E-state index in [0.717, 1.165) is 17.7 Å². The first kappa shape index (κ1) is 19.3. The Labute approximate surface area is 159 Å². The second kappa shape index (κ2) is 8.02. The molecule has 0 aliphatic rings. The molecule has 3 aromatic rings. The Morgan fingerprint density at radius 1 is 1.19 bits per heavy atom. The van der Waals surface area contributed by atoms with Crippen molar-refractivity contribution in [2.45, 2.75) is 37.8 Å². The highest BCUT2D eigenvalue weighted by molar-refractivity contribution is 7.90. The normalized spacial score (nSPS) is 12.9. The van der Waals surface area contributed by atoms with Crippen LogP contribution in [0.4, 0.5) is 0 Å². The zero-order valence-electron chi connectivity index (χ0n) is 15.6. The number of sulfone groups is 1. The maximum Gasteiger partial charge on any atom is 0.226 e. The second-order valence-electron chi connectivity index (χ2n) is 6.47. The highest BCUT2D eigenvalue weighted by Gasteiger charge is 2.12. The molecule has 1 N–H and O–H groups in total. The van der Waals surface area contributed by atoms with Gasteiger partial charge < -0.3 is 9.73 Å². The van der Waals surface area contributed by atoms with Crippen LogP contribution in [0.2, 0.25) is 0 Å². The number of aryl methyl sites for hydroxylation is 1. The van der Waals surface area contributed by atoms with Crippen LogP contribution in [-0.4, -0.2) is 24.6 Å². The van der Waals surface area contributed by atoms with Crippen molar-refractivity contribution >= 4 is 9.84 Å². The summed E-state index contributed by atoms with van der Waals surface area (Å²) in [5.74, 6) is 0.470. The van der Waals surface area contributed by atoms with Crippen LogP contribution in [0.1, 0.15) is 36.7 Å². The third-order valence-corrected chi connectivity index (χ3v) is 5.59. The average Bonchev–Trinajstić information content (AvgIpc) is 3.14. The van der Waals surface area contributed by atoms with E-state index in [1.54, 1.807) is 36.7 Å². The minimum Gasteiger partial charge on any atom is -0.444 e. The van der Waals surface area contributed by atoms with Crippen molar-refractivity contribution in [3.8, 4) is 11.5 Å². The number of benzene rings is 1. The molecule has 0 fully saturated rings. The number of hydrogen-bond donors (Lipinski definition) is 1. The topological polar surface area (TPSA) is 85.1 Å². The first-order chi connectivity index (χ1) is 12.9. The highest BCUT2D eigenvalue weighted by Crippen LogP contribution is 2.22. The Balaban J connectivity index is 1.67. The monoisotopic (exact) mass is 385 g/mol. The van der Waals surface area contributed by atoms with Crippen molar-refractivity contribution in [1.82, 2.24) is 15.3 Å². The van der Waals surface area contributed by atoms with Crippen LogP contribution in [0, 0.1) is 0 Å². The van der Waals surface area contributed by atoms with Gasteiger partial charge in [-0.15, -0.1) is 0 Å². The minimum absolute atomic E-state index is 0.164. The van der Waals surface area contributed by atoms with E-state index in [1.165, 1.54) is 17.4 Å². The summed E-state index contributed by atoms with van der Waals surface area (Å²) in [6, 6.07) is 8.72. The van der Waals surface area contributed by atoms with E-state index >= 15 is 0 Å². The number of pyridine rings is 1. The van der Waals surface area contributed by atoms with E-state index in [0.29, 0.717) is 12.4 Å². The maximum atomic E-state index is 11.5. The molecule has 142 valence electrons. The zero-order chi connectivity index (χ0) is 19.4. The van der Waals surface area contributed by atoms with Gasteiger partial charge >= 0.3 is 0 Å². The van der Waals surface area contributed by atoms with Crippen molar-refractivity contribution in [2.75, 3.05) is 6.26 Å². The fourth-order valence-corrected chi connectivity index (χ4v) is 3.52. The number of aromatic nitrogens is 2. The second-order valence-corrected chi connectivity index (χ2v) is 8.49. The molecule has 2 aromatic heterocycles. The summed E-state index contributed by atoms with van der Waals surface area (Å²) in [7, 11) is -3.21. The lowest BCUT2D eigenvalue weighted by Gasteiger charge is -2.16. The minimum atomic E-state index is -3.21. The summed E-state index contributed by atoms with van der Waals surface area (Å²) in [6.07, 6.45) is 7.45. The largest absolute Gasteiger partial charge is 0.444 e. The van der Waals surface area contributed by atoms with Gasteiger partial charge in [0, 0.05) is 36.8 Å². The Morgan fingerprint density at radius 2 is 1.93 bits per heavy atom. The molecule has 7 heteroatoms. The molecule has 0 spiro atoms. The van der Waals surface area contributed by atoms with Gasteiger partial charge in [-0.05, 0) is 54.8 Å². The predicted octanol–water partition coefficient (Wildman–Crippen LogP) is 3.55. The molecule has 1 aromatic carbocycles. The number of oxazole rings is 1. The van der Waals surface area contributed by atoms with Crippen LogP contribution in [0.5, 0.6) is 0 Å². The molecule has 0 aliphatic heterocycles. The van der Waals surface area contributed by atoms with Gasteiger partial charge in [-0.1, -0.05) is 6.92 Å². The van der Waals surface area contributed by atoms with Crippen LogP contribution in [0.15, 0.2) is 58.3 Å². The quantitative estimate of drug-likeness (QED) is 0.669. The van der Waals surface area contributed by atoms with Crippen molar-refractivity contribution < 1.29 is 12.8 Å². The summed E-state index contributed by atoms with van der Waals surface area (Å²) in [5, 5.41) is 3.45. The van der Waals surface area contributed by atoms with Gasteiger partial charge in [0.2, 0.25) is 5.89 Å². The third kappa shape index (κ3) is 4.61. The lowest BCUT2D eigenvalue weighted by atomic mass is 10.0. The van der Waals surface area contributed by atoms with Gasteiger partial charge in [0.05, 0.1) is 10.6 Å². The number of nitrogens with zero attached hydrogens (tertiary/aromatic N) is 2. The van der Waals surface area contributed by atoms with Crippen molar-refractivity contribution in [3.63, 3.8) is 0 Å². The molecule has 3 rings (SSSR count). The lowest BCUT2D eigenvalue weighted by Crippen LogP contribution is -2.19. The van der Waals surface area contributed by atoms with Gasteiger partial charge in [0.25, 0.3) is 0 Å². The molecule has 0 saturated heterocycles. The lowest BCUT2D eigenvalue weighted by molar-refractivity contribution is 0.551. The standard InChI is InChI=1S/C20H23N3O3S/c1-4-15-11-21-10-9-19(15)14(2)22-12-17-13-26-20(23-17)16-5-7-18(8-6-16)27(3,24)25/h5-11,13-14,22H,4,12H2,1-3H3. The Kier molecular flexibility index (Phi) is 5.72. The van der Waals surface area contributed by atoms with Crippen LogP contribution < -0.4 is 5.32 Å². The summed E-state index contributed by atoms with van der Waals surface area (Å²) in [4.78, 5) is 8.95. The van der Waals surface area contributed by atoms with Gasteiger partial charge in [0.15, 0.2) is 9.84 Å². The molecule has 0 radical (unpaired) electrons. The average molecular weight is 385 g/mol. The first-order valence-corrected chi connectivity index (χ1v) is 10.7. The van der Waals surface area contributed by atoms with Gasteiger partial charge in [-0.25, -0.2) is 13.4 Å². The fourth-order valence-electron chi connectivity index (χ4n) is 2.89.